The zero-order valence-electron chi connectivity index (χ0n) is 17.4. The van der Waals surface area contributed by atoms with Gasteiger partial charge in [-0.15, -0.1) is 0 Å². The van der Waals surface area contributed by atoms with E-state index in [0.29, 0.717) is 27.2 Å². The maximum Gasteiger partial charge on any atom is 0.295 e. The number of fused-ring (bicyclic) bond motifs is 2. The fraction of sp³-hybridized carbons (Fsp3) is 0.154. The largest absolute Gasteiger partial charge is 0.450 e. The fourth-order valence-corrected chi connectivity index (χ4v) is 4.46. The van der Waals surface area contributed by atoms with Crippen LogP contribution in [0.1, 0.15) is 44.4 Å². The van der Waals surface area contributed by atoms with E-state index in [1.165, 1.54) is 0 Å². The van der Waals surface area contributed by atoms with Crippen molar-refractivity contribution in [3.63, 3.8) is 0 Å². The lowest BCUT2D eigenvalue weighted by Crippen LogP contribution is -2.29. The van der Waals surface area contributed by atoms with Crippen molar-refractivity contribution in [1.82, 2.24) is 0 Å². The van der Waals surface area contributed by atoms with Crippen molar-refractivity contribution in [3.8, 4) is 0 Å². The molecule has 4 nitrogen and oxygen atoms in total. The number of benzene rings is 3. The molecule has 0 fully saturated rings. The summed E-state index contributed by atoms with van der Waals surface area (Å²) < 4.78 is 6.07. The van der Waals surface area contributed by atoms with Crippen LogP contribution >= 0.6 is 11.6 Å². The van der Waals surface area contributed by atoms with E-state index >= 15 is 0 Å². The number of hydrogen-bond acceptors (Lipinski definition) is 3. The van der Waals surface area contributed by atoms with Crippen LogP contribution in [0.2, 0.25) is 5.02 Å². The second-order valence-electron chi connectivity index (χ2n) is 8.08. The van der Waals surface area contributed by atoms with Gasteiger partial charge in [0.05, 0.1) is 17.0 Å². The number of carbonyl (C=O) groups is 1. The van der Waals surface area contributed by atoms with Gasteiger partial charge in [-0.25, -0.2) is 0 Å². The molecule has 0 spiro atoms. The molecular formula is C26H20ClNO3. The summed E-state index contributed by atoms with van der Waals surface area (Å²) in [5.74, 6) is -0.241. The zero-order chi connectivity index (χ0) is 21.9. The number of amides is 1. The Morgan fingerprint density at radius 1 is 0.903 bits per heavy atom. The van der Waals surface area contributed by atoms with Crippen LogP contribution in [-0.2, 0) is 0 Å². The van der Waals surface area contributed by atoms with Crippen molar-refractivity contribution < 1.29 is 9.21 Å². The quantitative estimate of drug-likeness (QED) is 0.385. The van der Waals surface area contributed by atoms with Crippen LogP contribution in [0.5, 0.6) is 0 Å². The van der Waals surface area contributed by atoms with E-state index in [9.17, 15) is 9.59 Å². The number of rotatable bonds is 2. The van der Waals surface area contributed by atoms with Crippen molar-refractivity contribution >= 4 is 34.2 Å². The first-order valence-electron chi connectivity index (χ1n) is 10.1. The number of hydrogen-bond donors (Lipinski definition) is 0. The molecule has 5 heteroatoms. The SMILES string of the molecule is Cc1cccc(N2C(=O)c3oc4cc(C)c(C)cc4c(=O)c3C2c2cccc(Cl)c2)c1. The summed E-state index contributed by atoms with van der Waals surface area (Å²) in [5.41, 5.74) is 5.07. The molecule has 1 amide bonds. The zero-order valence-corrected chi connectivity index (χ0v) is 18.2. The topological polar surface area (TPSA) is 50.5 Å². The summed E-state index contributed by atoms with van der Waals surface area (Å²) in [6.07, 6.45) is 0. The van der Waals surface area contributed by atoms with Gasteiger partial charge in [0.15, 0.2) is 5.43 Å². The van der Waals surface area contributed by atoms with Gasteiger partial charge in [-0.1, -0.05) is 35.9 Å². The lowest BCUT2D eigenvalue weighted by atomic mass is 9.97. The summed E-state index contributed by atoms with van der Waals surface area (Å²) in [6, 6.07) is 18.0. The molecule has 31 heavy (non-hydrogen) atoms. The molecule has 3 aromatic carbocycles. The molecule has 0 aliphatic carbocycles. The van der Waals surface area contributed by atoms with Crippen molar-refractivity contribution in [3.05, 3.63) is 109 Å². The molecule has 0 bridgehead atoms. The smallest absolute Gasteiger partial charge is 0.295 e. The Balaban J connectivity index is 1.85. The lowest BCUT2D eigenvalue weighted by molar-refractivity contribution is 0.0971. The molecule has 1 atom stereocenters. The van der Waals surface area contributed by atoms with E-state index in [2.05, 4.69) is 0 Å². The highest BCUT2D eigenvalue weighted by atomic mass is 35.5. The van der Waals surface area contributed by atoms with Crippen LogP contribution in [0.15, 0.2) is 69.9 Å². The highest BCUT2D eigenvalue weighted by Crippen LogP contribution is 2.42. The molecule has 1 aliphatic rings. The van der Waals surface area contributed by atoms with Crippen LogP contribution in [0.25, 0.3) is 11.0 Å². The lowest BCUT2D eigenvalue weighted by Gasteiger charge is -2.25. The third-order valence-electron chi connectivity index (χ3n) is 5.93. The Bertz CT molecular complexity index is 1440. The fourth-order valence-electron chi connectivity index (χ4n) is 4.26. The van der Waals surface area contributed by atoms with Crippen LogP contribution in [0, 0.1) is 20.8 Å². The number of carbonyl (C=O) groups excluding carboxylic acids is 1. The highest BCUT2D eigenvalue weighted by Gasteiger charge is 2.43. The van der Waals surface area contributed by atoms with Gasteiger partial charge in [-0.3, -0.25) is 14.5 Å². The molecule has 0 saturated heterocycles. The normalized spacial score (nSPS) is 15.5. The molecule has 1 aromatic heterocycles. The van der Waals surface area contributed by atoms with Gasteiger partial charge in [0, 0.05) is 10.7 Å². The predicted molar refractivity (Wildman–Crippen MR) is 123 cm³/mol. The second-order valence-corrected chi connectivity index (χ2v) is 8.51. The minimum atomic E-state index is -0.620. The summed E-state index contributed by atoms with van der Waals surface area (Å²) in [7, 11) is 0. The van der Waals surface area contributed by atoms with Crippen LogP contribution < -0.4 is 10.3 Å². The standard InChI is InChI=1S/C26H20ClNO3/c1-14-6-4-9-19(10-14)28-23(17-7-5-8-18(27)13-17)22-24(29)20-11-15(2)16(3)12-21(20)31-25(22)26(28)30/h4-13,23H,1-3H3. The first-order chi connectivity index (χ1) is 14.8. The minimum absolute atomic E-state index is 0.0900. The Morgan fingerprint density at radius 2 is 1.65 bits per heavy atom. The van der Waals surface area contributed by atoms with E-state index in [1.54, 1.807) is 17.0 Å². The van der Waals surface area contributed by atoms with E-state index in [1.807, 2.05) is 69.3 Å². The maximum absolute atomic E-state index is 13.7. The monoisotopic (exact) mass is 429 g/mol. The number of anilines is 1. The molecule has 154 valence electrons. The van der Waals surface area contributed by atoms with E-state index < -0.39 is 6.04 Å². The Hall–Kier alpha value is -3.37. The van der Waals surface area contributed by atoms with Crippen LogP contribution in [-0.4, -0.2) is 5.91 Å². The van der Waals surface area contributed by atoms with Gasteiger partial charge >= 0.3 is 0 Å². The predicted octanol–water partition coefficient (Wildman–Crippen LogP) is 6.12. The molecule has 5 rings (SSSR count). The van der Waals surface area contributed by atoms with Gasteiger partial charge in [-0.2, -0.15) is 0 Å². The summed E-state index contributed by atoms with van der Waals surface area (Å²) in [4.78, 5) is 28.9. The summed E-state index contributed by atoms with van der Waals surface area (Å²) >= 11 is 6.27. The number of aryl methyl sites for hydroxylation is 3. The first kappa shape index (κ1) is 19.6. The van der Waals surface area contributed by atoms with Crippen molar-refractivity contribution in [2.45, 2.75) is 26.8 Å². The number of nitrogens with zero attached hydrogens (tertiary/aromatic N) is 1. The Kier molecular flexibility index (Phi) is 4.49. The van der Waals surface area contributed by atoms with Crippen molar-refractivity contribution in [2.75, 3.05) is 4.90 Å². The summed E-state index contributed by atoms with van der Waals surface area (Å²) in [5, 5.41) is 1.02. The molecular weight excluding hydrogens is 410 g/mol. The molecule has 4 aromatic rings. The van der Waals surface area contributed by atoms with Gasteiger partial charge in [0.1, 0.15) is 5.58 Å². The average molecular weight is 430 g/mol. The van der Waals surface area contributed by atoms with Crippen molar-refractivity contribution in [1.29, 1.82) is 0 Å². The molecule has 0 saturated carbocycles. The van der Waals surface area contributed by atoms with Crippen molar-refractivity contribution in [2.24, 2.45) is 0 Å². The van der Waals surface area contributed by atoms with Crippen LogP contribution in [0.4, 0.5) is 5.69 Å². The van der Waals surface area contributed by atoms with Gasteiger partial charge in [-0.05, 0) is 79.4 Å². The average Bonchev–Trinajstić information content (AvgIpc) is 3.02. The third-order valence-corrected chi connectivity index (χ3v) is 6.17. The maximum atomic E-state index is 13.7. The van der Waals surface area contributed by atoms with Gasteiger partial charge in [0.25, 0.3) is 5.91 Å². The molecule has 0 radical (unpaired) electrons. The summed E-state index contributed by atoms with van der Waals surface area (Å²) in [6.45, 7) is 5.88. The molecule has 1 aliphatic heterocycles. The van der Waals surface area contributed by atoms with Crippen LogP contribution in [0.3, 0.4) is 0 Å². The Morgan fingerprint density at radius 3 is 2.39 bits per heavy atom. The van der Waals surface area contributed by atoms with E-state index in [0.717, 1.165) is 22.3 Å². The third kappa shape index (κ3) is 3.06. The highest BCUT2D eigenvalue weighted by molar-refractivity contribution is 6.30. The van der Waals surface area contributed by atoms with Gasteiger partial charge in [0.2, 0.25) is 5.76 Å². The molecule has 1 unspecified atom stereocenters. The molecule has 0 N–H and O–H groups in total. The van der Waals surface area contributed by atoms with E-state index in [-0.39, 0.29) is 17.1 Å². The molecule has 2 heterocycles. The Labute approximate surface area is 184 Å². The number of halogens is 1. The first-order valence-corrected chi connectivity index (χ1v) is 10.5. The van der Waals surface area contributed by atoms with E-state index in [4.69, 9.17) is 16.0 Å². The minimum Gasteiger partial charge on any atom is -0.450 e. The van der Waals surface area contributed by atoms with Gasteiger partial charge < -0.3 is 4.42 Å². The second kappa shape index (κ2) is 7.10.